The standard InChI is InChI=1S/C44H57O6P.C22H30O3.Cl3P/c1-25-17-30(29-21-27(46-15)23-33(37(29)45)41(3,4)5)38(34(19-25)42(6,7)8)48-51-49-39-31(18-26(2)20-35(39)43(9,10)11)32-22-28(47-16)24-36(40(32)50-51)44(12,13)14;1-13-9-15(19(23)17(10-13)21(2,3)4)16-11-14(25-8)12-18(20(16)24)22(5,6)7;1-4(2)3/h17-24,45H,1-16H3;9-12,23-24H,1-8H3;. The molecule has 1 unspecified atom stereocenters. The molecule has 80 heavy (non-hydrogen) atoms. The highest BCUT2D eigenvalue weighted by molar-refractivity contribution is 8.20. The normalized spacial score (nSPS) is 12.7. The molecule has 0 aliphatic heterocycles. The maximum absolute atomic E-state index is 12.0. The third-order valence-corrected chi connectivity index (χ3v) is 14.9. The van der Waals surface area contributed by atoms with Crippen molar-refractivity contribution in [1.82, 2.24) is 0 Å². The van der Waals surface area contributed by atoms with Crippen molar-refractivity contribution in [2.75, 3.05) is 21.3 Å². The van der Waals surface area contributed by atoms with Crippen LogP contribution in [0.2, 0.25) is 0 Å². The summed E-state index contributed by atoms with van der Waals surface area (Å²) in [6.07, 6.45) is 0. The number of aryl methyl sites for hydroxylation is 3. The van der Waals surface area contributed by atoms with Crippen molar-refractivity contribution in [3.8, 4) is 62.5 Å². The van der Waals surface area contributed by atoms with Crippen LogP contribution >= 0.6 is 47.9 Å². The number of benzene rings is 6. The van der Waals surface area contributed by atoms with Gasteiger partial charge in [0.05, 0.1) is 21.3 Å². The van der Waals surface area contributed by atoms with E-state index < -0.39 is 14.2 Å². The minimum Gasteiger partial charge on any atom is -0.507 e. The van der Waals surface area contributed by atoms with Gasteiger partial charge in [-0.2, -0.15) is 0 Å². The average Bonchev–Trinajstić information content (AvgIpc) is 3.46. The van der Waals surface area contributed by atoms with Crippen LogP contribution in [0.15, 0.2) is 81.2 Å². The van der Waals surface area contributed by atoms with Crippen LogP contribution < -0.4 is 18.7 Å². The number of aromatic hydroxyl groups is 3. The highest BCUT2D eigenvalue weighted by Crippen LogP contribution is 2.53. The van der Waals surface area contributed by atoms with Crippen molar-refractivity contribution in [3.63, 3.8) is 0 Å². The van der Waals surface area contributed by atoms with Crippen molar-refractivity contribution < 1.29 is 42.4 Å². The molecule has 436 valence electrons. The van der Waals surface area contributed by atoms with E-state index in [-0.39, 0.29) is 49.7 Å². The summed E-state index contributed by atoms with van der Waals surface area (Å²) in [4.78, 5) is 0. The smallest absolute Gasteiger partial charge is 0.453 e. The van der Waals surface area contributed by atoms with Crippen molar-refractivity contribution in [2.24, 2.45) is 0 Å². The lowest BCUT2D eigenvalue weighted by Crippen LogP contribution is -2.14. The Kier molecular flexibility index (Phi) is 20.2. The summed E-state index contributed by atoms with van der Waals surface area (Å²) in [5, 5.41) is 35.7. The number of phenolic OH excluding ortho intramolecular Hbond substituents is 3. The van der Waals surface area contributed by atoms with E-state index in [0.29, 0.717) is 39.5 Å². The molecule has 0 spiro atoms. The van der Waals surface area contributed by atoms with Crippen molar-refractivity contribution in [3.05, 3.63) is 123 Å². The first kappa shape index (κ1) is 65.9. The predicted octanol–water partition coefficient (Wildman–Crippen LogP) is 21.9. The molecular formula is C66H87Cl3O9P2. The molecule has 7 aromatic rings. The lowest BCUT2D eigenvalue weighted by molar-refractivity contribution is 0.406. The molecule has 0 bridgehead atoms. The molecule has 0 aliphatic carbocycles. The zero-order valence-electron chi connectivity index (χ0n) is 51.7. The number of halogens is 3. The Morgan fingerprint density at radius 2 is 0.650 bits per heavy atom. The topological polar surface area (TPSA) is 124 Å². The van der Waals surface area contributed by atoms with Gasteiger partial charge in [0.2, 0.25) is 0 Å². The van der Waals surface area contributed by atoms with Crippen molar-refractivity contribution >= 4 is 69.9 Å². The van der Waals surface area contributed by atoms with Gasteiger partial charge in [0.25, 0.3) is 0 Å². The van der Waals surface area contributed by atoms with Crippen molar-refractivity contribution in [1.29, 1.82) is 0 Å². The van der Waals surface area contributed by atoms with Crippen LogP contribution in [0.1, 0.15) is 175 Å². The van der Waals surface area contributed by atoms with Gasteiger partial charge in [-0.15, -0.1) is 0 Å². The molecular weight excluding hydrogens is 1110 g/mol. The van der Waals surface area contributed by atoms with Crippen LogP contribution in [0.4, 0.5) is 0 Å². The van der Waals surface area contributed by atoms with Gasteiger partial charge in [0, 0.05) is 66.4 Å². The number of fused-ring (bicyclic) bond motifs is 3. The molecule has 0 saturated heterocycles. The minimum absolute atomic E-state index is 0.189. The molecule has 1 heterocycles. The maximum atomic E-state index is 12.0. The molecule has 0 radical (unpaired) electrons. The monoisotopic (exact) mass is 1190 g/mol. The highest BCUT2D eigenvalue weighted by atomic mass is 36.0. The van der Waals surface area contributed by atoms with E-state index in [4.69, 9.17) is 60.9 Å². The number of hydrogen-bond donors (Lipinski definition) is 3. The summed E-state index contributed by atoms with van der Waals surface area (Å²) in [6, 6.07) is 24.0. The first-order valence-corrected chi connectivity index (χ1v) is 32.0. The Balaban J connectivity index is 0.000000337. The van der Waals surface area contributed by atoms with E-state index >= 15 is 0 Å². The average molecular weight is 1190 g/mol. The zero-order chi connectivity index (χ0) is 60.7. The van der Waals surface area contributed by atoms with Gasteiger partial charge in [0.1, 0.15) is 51.4 Å². The molecule has 0 aliphatic rings. The van der Waals surface area contributed by atoms with Gasteiger partial charge in [0.15, 0.2) is 5.98 Å². The fourth-order valence-corrected chi connectivity index (χ4v) is 10.8. The number of rotatable bonds is 7. The van der Waals surface area contributed by atoms with Crippen LogP contribution in [-0.2, 0) is 32.5 Å². The first-order valence-electron chi connectivity index (χ1n) is 26.9. The van der Waals surface area contributed by atoms with Crippen LogP contribution in [0.3, 0.4) is 0 Å². The molecule has 14 heteroatoms. The zero-order valence-corrected chi connectivity index (χ0v) is 55.8. The molecule has 0 saturated carbocycles. The number of ether oxygens (including phenoxy) is 3. The van der Waals surface area contributed by atoms with Gasteiger partial charge in [-0.3, -0.25) is 0 Å². The fraction of sp³-hybridized carbons (Fsp3) is 0.455. The highest BCUT2D eigenvalue weighted by Gasteiger charge is 2.32. The predicted molar refractivity (Wildman–Crippen MR) is 342 cm³/mol. The molecule has 0 fully saturated rings. The summed E-state index contributed by atoms with van der Waals surface area (Å²) in [7, 11) is 2.88. The summed E-state index contributed by atoms with van der Waals surface area (Å²) < 4.78 is 38.3. The van der Waals surface area contributed by atoms with Gasteiger partial charge in [-0.1, -0.05) is 177 Å². The lowest BCUT2D eigenvalue weighted by atomic mass is 9.81. The van der Waals surface area contributed by atoms with Crippen LogP contribution in [-0.4, -0.2) is 36.6 Å². The largest absolute Gasteiger partial charge is 0.507 e. The third kappa shape index (κ3) is 15.4. The summed E-state index contributed by atoms with van der Waals surface area (Å²) >= 11 is 14.6. The summed E-state index contributed by atoms with van der Waals surface area (Å²) in [6.45, 7) is 44.4. The molecule has 6 aromatic carbocycles. The molecule has 0 amide bonds. The van der Waals surface area contributed by atoms with Crippen LogP contribution in [0.25, 0.3) is 44.2 Å². The molecule has 9 nitrogen and oxygen atoms in total. The first-order chi connectivity index (χ1) is 36.5. The van der Waals surface area contributed by atoms with E-state index in [2.05, 4.69) is 148 Å². The van der Waals surface area contributed by atoms with Gasteiger partial charge < -0.3 is 42.4 Å². The van der Waals surface area contributed by atoms with Gasteiger partial charge in [-0.25, -0.2) is 0 Å². The fourth-order valence-electron chi connectivity index (χ4n) is 9.67. The Morgan fingerprint density at radius 1 is 0.375 bits per heavy atom. The Labute approximate surface area is 494 Å². The molecule has 3 N–H and O–H groups in total. The van der Waals surface area contributed by atoms with E-state index in [1.807, 2.05) is 64.1 Å². The van der Waals surface area contributed by atoms with Gasteiger partial charge >= 0.3 is 8.24 Å². The molecule has 1 atom stereocenters. The van der Waals surface area contributed by atoms with Crippen LogP contribution in [0.5, 0.6) is 40.2 Å². The van der Waals surface area contributed by atoms with E-state index in [1.54, 1.807) is 27.4 Å². The number of hydrogen-bond acceptors (Lipinski definition) is 9. The second kappa shape index (κ2) is 24.5. The van der Waals surface area contributed by atoms with Gasteiger partial charge in [-0.05, 0) is 125 Å². The minimum atomic E-state index is -2.08. The maximum Gasteiger partial charge on any atom is 0.453 e. The third-order valence-electron chi connectivity index (χ3n) is 13.9. The SMILES string of the molecule is COc1cc(-c2cc(C)cc(C(C)(C)C)c2O)c(O)c(C(C)(C)C)c1.COc1cc(-c2cc(C)cc(C(C)(C)C)c2Op2oc3c(C(C)(C)C)cc(C)cc3c3cc(OC)cc(C(C)(C)C)c3o2)c(O)c(C(C)(C)C)c1.ClP(Cl)Cl. The summed E-state index contributed by atoms with van der Waals surface area (Å²) in [5.41, 5.74) is 11.0. The Hall–Kier alpha value is -4.88. The van der Waals surface area contributed by atoms with E-state index in [9.17, 15) is 15.3 Å². The summed E-state index contributed by atoms with van der Waals surface area (Å²) in [5.74, 6) is 2.05. The molecule has 1 aromatic heterocycles. The quantitative estimate of drug-likeness (QED) is 0.134. The molecule has 7 rings (SSSR count). The second-order valence-corrected chi connectivity index (χ2v) is 32.9. The van der Waals surface area contributed by atoms with E-state index in [0.717, 1.165) is 77.7 Å². The number of phenols is 3. The van der Waals surface area contributed by atoms with Crippen molar-refractivity contribution in [2.45, 2.75) is 178 Å². The Morgan fingerprint density at radius 3 is 1.04 bits per heavy atom. The van der Waals surface area contributed by atoms with Crippen LogP contribution in [0, 0.1) is 20.8 Å². The number of methoxy groups -OCH3 is 3. The second-order valence-electron chi connectivity index (χ2n) is 27.0. The lowest BCUT2D eigenvalue weighted by Gasteiger charge is -2.27. The van der Waals surface area contributed by atoms with E-state index in [1.165, 1.54) is 0 Å². The Bertz CT molecular complexity index is 3430.